The third kappa shape index (κ3) is 3.82. The summed E-state index contributed by atoms with van der Waals surface area (Å²) in [6.45, 7) is 2.88. The molecule has 1 aromatic heterocycles. The van der Waals surface area contributed by atoms with E-state index >= 15 is 0 Å². The molecule has 0 aliphatic rings. The van der Waals surface area contributed by atoms with Crippen molar-refractivity contribution in [1.29, 1.82) is 0 Å². The number of aliphatic hydroxyl groups is 1. The number of halogens is 1. The molecule has 1 aromatic carbocycles. The molecule has 2 rings (SSSR count). The van der Waals surface area contributed by atoms with E-state index in [0.717, 1.165) is 16.6 Å². The van der Waals surface area contributed by atoms with Crippen LogP contribution in [-0.2, 0) is 0 Å². The van der Waals surface area contributed by atoms with Gasteiger partial charge in [-0.25, -0.2) is 0 Å². The van der Waals surface area contributed by atoms with E-state index in [1.165, 1.54) is 0 Å². The second-order valence-electron chi connectivity index (χ2n) is 5.61. The molecule has 0 radical (unpaired) electrons. The van der Waals surface area contributed by atoms with Gasteiger partial charge in [0.1, 0.15) is 0 Å². The van der Waals surface area contributed by atoms with E-state index in [-0.39, 0.29) is 0 Å². The van der Waals surface area contributed by atoms with Crippen molar-refractivity contribution < 1.29 is 5.11 Å². The number of pyridine rings is 1. The van der Waals surface area contributed by atoms with Crippen molar-refractivity contribution in [2.45, 2.75) is 12.5 Å². The van der Waals surface area contributed by atoms with Crippen molar-refractivity contribution in [1.82, 2.24) is 9.88 Å². The highest BCUT2D eigenvalue weighted by Crippen LogP contribution is 2.24. The van der Waals surface area contributed by atoms with Crippen LogP contribution in [0.4, 0.5) is 5.69 Å². The quantitative estimate of drug-likeness (QED) is 0.890. The molecule has 2 aromatic rings. The Labute approximate surface area is 124 Å². The fraction of sp³-hybridized carbons (Fsp3) is 0.400. The lowest BCUT2D eigenvalue weighted by molar-refractivity contribution is 0.0460. The minimum absolute atomic E-state index is 0.465. The van der Waals surface area contributed by atoms with Gasteiger partial charge in [-0.3, -0.25) is 4.98 Å². The first-order valence-corrected chi connectivity index (χ1v) is 6.90. The zero-order chi connectivity index (χ0) is 14.8. The van der Waals surface area contributed by atoms with Crippen LogP contribution in [0.25, 0.3) is 10.9 Å². The van der Waals surface area contributed by atoms with Gasteiger partial charge in [0.05, 0.1) is 11.1 Å². The zero-order valence-electron chi connectivity index (χ0n) is 12.0. The summed E-state index contributed by atoms with van der Waals surface area (Å²) in [5, 5.41) is 15.3. The smallest absolute Gasteiger partial charge is 0.0917 e. The Bertz CT molecular complexity index is 599. The second kappa shape index (κ2) is 5.95. The molecule has 5 heteroatoms. The Balaban J connectivity index is 2.18. The lowest BCUT2D eigenvalue weighted by Gasteiger charge is -2.27. The average molecular weight is 294 g/mol. The largest absolute Gasteiger partial charge is 0.387 e. The molecule has 1 atom stereocenters. The SMILES string of the molecule is CN(C)CC(C)(O)CNc1ccnc2cc(Cl)ccc12. The van der Waals surface area contributed by atoms with E-state index < -0.39 is 5.60 Å². The molecule has 0 aliphatic heterocycles. The lowest BCUT2D eigenvalue weighted by Crippen LogP contribution is -2.43. The van der Waals surface area contributed by atoms with E-state index in [9.17, 15) is 5.11 Å². The number of hydrogen-bond acceptors (Lipinski definition) is 4. The van der Waals surface area contributed by atoms with Crippen LogP contribution < -0.4 is 5.32 Å². The summed E-state index contributed by atoms with van der Waals surface area (Å²) in [7, 11) is 3.89. The van der Waals surface area contributed by atoms with Gasteiger partial charge in [0, 0.05) is 35.4 Å². The van der Waals surface area contributed by atoms with Gasteiger partial charge >= 0.3 is 0 Å². The van der Waals surface area contributed by atoms with Crippen LogP contribution in [0.1, 0.15) is 6.92 Å². The number of rotatable bonds is 5. The number of likely N-dealkylation sites (N-methyl/N-ethyl adjacent to an activating group) is 1. The van der Waals surface area contributed by atoms with Crippen molar-refractivity contribution >= 4 is 28.2 Å². The first kappa shape index (κ1) is 15.0. The maximum atomic E-state index is 10.3. The van der Waals surface area contributed by atoms with Gasteiger partial charge in [-0.1, -0.05) is 11.6 Å². The number of nitrogens with zero attached hydrogens (tertiary/aromatic N) is 2. The van der Waals surface area contributed by atoms with Crippen LogP contribution in [0.3, 0.4) is 0 Å². The summed E-state index contributed by atoms with van der Waals surface area (Å²) in [5.41, 5.74) is 0.992. The van der Waals surface area contributed by atoms with Gasteiger partial charge in [0.15, 0.2) is 0 Å². The summed E-state index contributed by atoms with van der Waals surface area (Å²) in [4.78, 5) is 6.26. The van der Waals surface area contributed by atoms with E-state index in [1.807, 2.05) is 50.2 Å². The van der Waals surface area contributed by atoms with Gasteiger partial charge in [-0.05, 0) is 45.3 Å². The summed E-state index contributed by atoms with van der Waals surface area (Å²) in [6, 6.07) is 7.52. The van der Waals surface area contributed by atoms with Crippen LogP contribution >= 0.6 is 11.6 Å². The fourth-order valence-corrected chi connectivity index (χ4v) is 2.46. The standard InChI is InChI=1S/C15H20ClN3O/c1-15(20,10-19(2)3)9-18-13-6-7-17-14-8-11(16)4-5-12(13)14/h4-8,20H,9-10H2,1-3H3,(H,17,18). The van der Waals surface area contributed by atoms with Crippen LogP contribution in [0.5, 0.6) is 0 Å². The van der Waals surface area contributed by atoms with Crippen LogP contribution in [0, 0.1) is 0 Å². The Hall–Kier alpha value is -1.36. The molecule has 1 heterocycles. The molecule has 0 aliphatic carbocycles. The first-order valence-electron chi connectivity index (χ1n) is 6.53. The Morgan fingerprint density at radius 1 is 1.35 bits per heavy atom. The number of aromatic nitrogens is 1. The van der Waals surface area contributed by atoms with E-state index in [4.69, 9.17) is 11.6 Å². The summed E-state index contributed by atoms with van der Waals surface area (Å²) < 4.78 is 0. The number of hydrogen-bond donors (Lipinski definition) is 2. The van der Waals surface area contributed by atoms with E-state index in [2.05, 4.69) is 10.3 Å². The summed E-state index contributed by atoms with van der Waals surface area (Å²) in [6.07, 6.45) is 1.74. The predicted molar refractivity (Wildman–Crippen MR) is 84.4 cm³/mol. The molecule has 0 spiro atoms. The van der Waals surface area contributed by atoms with Crippen LogP contribution in [0.2, 0.25) is 5.02 Å². The monoisotopic (exact) mass is 293 g/mol. The molecular weight excluding hydrogens is 274 g/mol. The van der Waals surface area contributed by atoms with Crippen LogP contribution in [0.15, 0.2) is 30.5 Å². The molecule has 0 amide bonds. The minimum atomic E-state index is -0.800. The van der Waals surface area contributed by atoms with Crippen molar-refractivity contribution in [3.8, 4) is 0 Å². The molecule has 0 saturated heterocycles. The van der Waals surface area contributed by atoms with Crippen molar-refractivity contribution in [2.24, 2.45) is 0 Å². The zero-order valence-corrected chi connectivity index (χ0v) is 12.8. The summed E-state index contributed by atoms with van der Waals surface area (Å²) >= 11 is 5.97. The van der Waals surface area contributed by atoms with E-state index in [0.29, 0.717) is 18.1 Å². The molecule has 20 heavy (non-hydrogen) atoms. The topological polar surface area (TPSA) is 48.4 Å². The van der Waals surface area contributed by atoms with Crippen molar-refractivity contribution in [3.63, 3.8) is 0 Å². The minimum Gasteiger partial charge on any atom is -0.387 e. The van der Waals surface area contributed by atoms with Crippen molar-refractivity contribution in [2.75, 3.05) is 32.5 Å². The Kier molecular flexibility index (Phi) is 4.48. The fourth-order valence-electron chi connectivity index (χ4n) is 2.30. The van der Waals surface area contributed by atoms with Crippen LogP contribution in [-0.4, -0.2) is 47.8 Å². The average Bonchev–Trinajstić information content (AvgIpc) is 2.34. The van der Waals surface area contributed by atoms with Gasteiger partial charge in [0.2, 0.25) is 0 Å². The normalized spacial score (nSPS) is 14.5. The number of nitrogens with one attached hydrogen (secondary N) is 1. The molecule has 0 saturated carbocycles. The molecule has 0 fully saturated rings. The number of fused-ring (bicyclic) bond motifs is 1. The lowest BCUT2D eigenvalue weighted by atomic mass is 10.1. The molecule has 2 N–H and O–H groups in total. The molecule has 108 valence electrons. The predicted octanol–water partition coefficient (Wildman–Crippen LogP) is 2.61. The van der Waals surface area contributed by atoms with E-state index in [1.54, 1.807) is 6.20 Å². The highest BCUT2D eigenvalue weighted by Gasteiger charge is 2.21. The van der Waals surface area contributed by atoms with Gasteiger partial charge in [0.25, 0.3) is 0 Å². The number of anilines is 1. The molecule has 4 nitrogen and oxygen atoms in total. The summed E-state index contributed by atoms with van der Waals surface area (Å²) in [5.74, 6) is 0. The highest BCUT2D eigenvalue weighted by atomic mass is 35.5. The Morgan fingerprint density at radius 3 is 2.80 bits per heavy atom. The third-order valence-corrected chi connectivity index (χ3v) is 3.26. The Morgan fingerprint density at radius 2 is 2.10 bits per heavy atom. The number of benzene rings is 1. The maximum absolute atomic E-state index is 10.3. The molecule has 1 unspecified atom stereocenters. The van der Waals surface area contributed by atoms with Gasteiger partial charge in [-0.15, -0.1) is 0 Å². The van der Waals surface area contributed by atoms with Gasteiger partial charge in [-0.2, -0.15) is 0 Å². The first-order chi connectivity index (χ1) is 9.37. The second-order valence-corrected chi connectivity index (χ2v) is 6.04. The van der Waals surface area contributed by atoms with Gasteiger partial charge < -0.3 is 15.3 Å². The third-order valence-electron chi connectivity index (χ3n) is 3.02. The highest BCUT2D eigenvalue weighted by molar-refractivity contribution is 6.31. The molecule has 0 bridgehead atoms. The maximum Gasteiger partial charge on any atom is 0.0917 e. The molecular formula is C15H20ClN3O. The van der Waals surface area contributed by atoms with Crippen molar-refractivity contribution in [3.05, 3.63) is 35.5 Å².